The monoisotopic (exact) mass is 260 g/mol. The third kappa shape index (κ3) is 5.77. The summed E-state index contributed by atoms with van der Waals surface area (Å²) in [5, 5.41) is 9.78. The van der Waals surface area contributed by atoms with Gasteiger partial charge in [0.1, 0.15) is 0 Å². The standard InChI is InChI=1S/C12H20O6/c1-7(2)17-10(14)9(13)6-12(5,16)11(15)18-8(3)4/h7-8,16H,6H2,1-5H3. The van der Waals surface area contributed by atoms with E-state index in [-0.39, 0.29) is 0 Å². The zero-order chi connectivity index (χ0) is 14.5. The zero-order valence-electron chi connectivity index (χ0n) is 11.4. The molecule has 0 spiro atoms. The maximum absolute atomic E-state index is 11.5. The molecule has 0 amide bonds. The molecule has 0 aromatic heterocycles. The van der Waals surface area contributed by atoms with Crippen LogP contribution in [-0.2, 0) is 23.9 Å². The Morgan fingerprint density at radius 2 is 1.50 bits per heavy atom. The summed E-state index contributed by atoms with van der Waals surface area (Å²) in [6, 6.07) is 0. The van der Waals surface area contributed by atoms with E-state index in [0.717, 1.165) is 6.92 Å². The number of ether oxygens (including phenoxy) is 2. The number of rotatable bonds is 6. The summed E-state index contributed by atoms with van der Waals surface area (Å²) in [5.74, 6) is -2.97. The fourth-order valence-corrected chi connectivity index (χ4v) is 1.08. The van der Waals surface area contributed by atoms with Gasteiger partial charge in [0.2, 0.25) is 5.78 Å². The highest BCUT2D eigenvalue weighted by atomic mass is 16.6. The fourth-order valence-electron chi connectivity index (χ4n) is 1.08. The van der Waals surface area contributed by atoms with Gasteiger partial charge in [-0.05, 0) is 34.6 Å². The summed E-state index contributed by atoms with van der Waals surface area (Å²) >= 11 is 0. The van der Waals surface area contributed by atoms with Crippen LogP contribution in [0.2, 0.25) is 0 Å². The molecular weight excluding hydrogens is 240 g/mol. The molecule has 1 N–H and O–H groups in total. The van der Waals surface area contributed by atoms with Gasteiger partial charge in [0.25, 0.3) is 0 Å². The van der Waals surface area contributed by atoms with Crippen LogP contribution < -0.4 is 0 Å². The van der Waals surface area contributed by atoms with Crippen molar-refractivity contribution < 1.29 is 29.0 Å². The number of esters is 2. The summed E-state index contributed by atoms with van der Waals surface area (Å²) in [6.45, 7) is 7.54. The number of carbonyl (C=O) groups excluding carboxylic acids is 3. The SMILES string of the molecule is CC(C)OC(=O)C(=O)CC(C)(O)C(=O)OC(C)C. The van der Waals surface area contributed by atoms with Crippen molar-refractivity contribution in [2.45, 2.75) is 58.8 Å². The number of Topliss-reactive ketones (excluding diaryl/α,β-unsaturated/α-hetero) is 1. The van der Waals surface area contributed by atoms with Crippen molar-refractivity contribution in [2.24, 2.45) is 0 Å². The fraction of sp³-hybridized carbons (Fsp3) is 0.750. The zero-order valence-corrected chi connectivity index (χ0v) is 11.4. The van der Waals surface area contributed by atoms with Crippen LogP contribution in [0.5, 0.6) is 0 Å². The first-order valence-corrected chi connectivity index (χ1v) is 5.73. The molecule has 0 aliphatic rings. The van der Waals surface area contributed by atoms with Crippen molar-refractivity contribution in [2.75, 3.05) is 0 Å². The predicted octanol–water partition coefficient (Wildman–Crippen LogP) is 0.600. The molecule has 0 saturated heterocycles. The van der Waals surface area contributed by atoms with Crippen molar-refractivity contribution in [1.82, 2.24) is 0 Å². The van der Waals surface area contributed by atoms with Crippen LogP contribution in [-0.4, -0.2) is 40.6 Å². The smallest absolute Gasteiger partial charge is 0.374 e. The number of hydrogen-bond acceptors (Lipinski definition) is 6. The van der Waals surface area contributed by atoms with Gasteiger partial charge in [-0.15, -0.1) is 0 Å². The second-order valence-corrected chi connectivity index (χ2v) is 4.78. The first-order valence-electron chi connectivity index (χ1n) is 5.73. The van der Waals surface area contributed by atoms with Gasteiger partial charge in [-0.2, -0.15) is 0 Å². The van der Waals surface area contributed by atoms with Gasteiger partial charge < -0.3 is 14.6 Å². The Hall–Kier alpha value is -1.43. The Kier molecular flexibility index (Phi) is 5.97. The van der Waals surface area contributed by atoms with E-state index >= 15 is 0 Å². The number of hydrogen-bond donors (Lipinski definition) is 1. The average Bonchev–Trinajstić information content (AvgIpc) is 2.14. The molecular formula is C12H20O6. The molecule has 18 heavy (non-hydrogen) atoms. The quantitative estimate of drug-likeness (QED) is 0.555. The van der Waals surface area contributed by atoms with Crippen molar-refractivity contribution >= 4 is 17.7 Å². The first kappa shape index (κ1) is 16.6. The second kappa shape index (κ2) is 6.49. The van der Waals surface area contributed by atoms with Gasteiger partial charge in [-0.1, -0.05) is 0 Å². The molecule has 1 atom stereocenters. The lowest BCUT2D eigenvalue weighted by atomic mass is 9.99. The topological polar surface area (TPSA) is 89.9 Å². The Labute approximate surface area is 106 Å². The lowest BCUT2D eigenvalue weighted by Crippen LogP contribution is -2.42. The summed E-state index contributed by atoms with van der Waals surface area (Å²) in [4.78, 5) is 34.2. The minimum atomic E-state index is -2.03. The lowest BCUT2D eigenvalue weighted by molar-refractivity contribution is -0.171. The summed E-state index contributed by atoms with van der Waals surface area (Å²) in [7, 11) is 0. The Morgan fingerprint density at radius 3 is 1.89 bits per heavy atom. The molecule has 0 bridgehead atoms. The summed E-state index contributed by atoms with van der Waals surface area (Å²) in [5.41, 5.74) is -2.03. The van der Waals surface area contributed by atoms with E-state index < -0.39 is 42.0 Å². The van der Waals surface area contributed by atoms with Crippen LogP contribution in [0.1, 0.15) is 41.0 Å². The highest BCUT2D eigenvalue weighted by Gasteiger charge is 2.37. The number of carbonyl (C=O) groups is 3. The largest absolute Gasteiger partial charge is 0.461 e. The Balaban J connectivity index is 4.52. The van der Waals surface area contributed by atoms with Crippen molar-refractivity contribution in [3.8, 4) is 0 Å². The van der Waals surface area contributed by atoms with Crippen LogP contribution in [0.3, 0.4) is 0 Å². The molecule has 0 aliphatic carbocycles. The van der Waals surface area contributed by atoms with Gasteiger partial charge in [0, 0.05) is 0 Å². The second-order valence-electron chi connectivity index (χ2n) is 4.78. The first-order chi connectivity index (χ1) is 8.06. The minimum Gasteiger partial charge on any atom is -0.461 e. The van der Waals surface area contributed by atoms with Gasteiger partial charge in [0.15, 0.2) is 5.60 Å². The van der Waals surface area contributed by atoms with Crippen LogP contribution in [0.4, 0.5) is 0 Å². The number of ketones is 1. The van der Waals surface area contributed by atoms with E-state index in [1.54, 1.807) is 27.7 Å². The van der Waals surface area contributed by atoms with E-state index in [9.17, 15) is 19.5 Å². The molecule has 0 radical (unpaired) electrons. The molecule has 0 heterocycles. The lowest BCUT2D eigenvalue weighted by Gasteiger charge is -2.21. The normalized spacial score (nSPS) is 14.2. The molecule has 6 heteroatoms. The van der Waals surface area contributed by atoms with E-state index in [0.29, 0.717) is 0 Å². The van der Waals surface area contributed by atoms with E-state index in [1.807, 2.05) is 0 Å². The van der Waals surface area contributed by atoms with Crippen molar-refractivity contribution in [3.05, 3.63) is 0 Å². The molecule has 0 aliphatic heterocycles. The Morgan fingerprint density at radius 1 is 1.06 bits per heavy atom. The highest BCUT2D eigenvalue weighted by Crippen LogP contribution is 2.14. The number of aliphatic hydroxyl groups is 1. The maximum Gasteiger partial charge on any atom is 0.374 e. The predicted molar refractivity (Wildman–Crippen MR) is 62.7 cm³/mol. The summed E-state index contributed by atoms with van der Waals surface area (Å²) in [6.07, 6.45) is -1.51. The highest BCUT2D eigenvalue weighted by molar-refractivity contribution is 6.34. The van der Waals surface area contributed by atoms with Crippen molar-refractivity contribution in [1.29, 1.82) is 0 Å². The van der Waals surface area contributed by atoms with E-state index in [4.69, 9.17) is 4.74 Å². The van der Waals surface area contributed by atoms with Crippen molar-refractivity contribution in [3.63, 3.8) is 0 Å². The van der Waals surface area contributed by atoms with E-state index in [2.05, 4.69) is 4.74 Å². The van der Waals surface area contributed by atoms with Gasteiger partial charge >= 0.3 is 11.9 Å². The van der Waals surface area contributed by atoms with Crippen LogP contribution in [0.25, 0.3) is 0 Å². The molecule has 1 unspecified atom stereocenters. The van der Waals surface area contributed by atoms with Crippen LogP contribution in [0.15, 0.2) is 0 Å². The van der Waals surface area contributed by atoms with Crippen LogP contribution >= 0.6 is 0 Å². The molecule has 6 nitrogen and oxygen atoms in total. The summed E-state index contributed by atoms with van der Waals surface area (Å²) < 4.78 is 9.45. The van der Waals surface area contributed by atoms with Gasteiger partial charge in [-0.25, -0.2) is 9.59 Å². The van der Waals surface area contributed by atoms with Gasteiger partial charge in [-0.3, -0.25) is 4.79 Å². The average molecular weight is 260 g/mol. The van der Waals surface area contributed by atoms with Crippen LogP contribution in [0, 0.1) is 0 Å². The maximum atomic E-state index is 11.5. The molecule has 0 saturated carbocycles. The molecule has 0 aromatic carbocycles. The van der Waals surface area contributed by atoms with E-state index in [1.165, 1.54) is 0 Å². The minimum absolute atomic E-state index is 0.415. The Bertz CT molecular complexity index is 329. The molecule has 0 aromatic rings. The molecule has 104 valence electrons. The third-order valence-electron chi connectivity index (χ3n) is 1.86. The third-order valence-corrected chi connectivity index (χ3v) is 1.86. The van der Waals surface area contributed by atoms with Gasteiger partial charge in [0.05, 0.1) is 18.6 Å². The molecule has 0 fully saturated rings. The molecule has 0 rings (SSSR count).